The Morgan fingerprint density at radius 3 is 2.23 bits per heavy atom. The van der Waals surface area contributed by atoms with Crippen LogP contribution in [0.4, 0.5) is 0 Å². The zero-order valence-electron chi connectivity index (χ0n) is 12.8. The molecule has 0 amide bonds. The van der Waals surface area contributed by atoms with Gasteiger partial charge < -0.3 is 9.84 Å². The maximum Gasteiger partial charge on any atom is 0.119 e. The van der Waals surface area contributed by atoms with Gasteiger partial charge in [-0.3, -0.25) is 4.90 Å². The second-order valence-corrected chi connectivity index (χ2v) is 5.78. The van der Waals surface area contributed by atoms with Crippen molar-refractivity contribution in [2.45, 2.75) is 18.9 Å². The molecule has 0 spiro atoms. The molecule has 1 fully saturated rings. The molecule has 2 aromatic carbocycles. The van der Waals surface area contributed by atoms with E-state index in [1.165, 1.54) is 25.9 Å². The molecule has 1 N–H and O–H groups in total. The number of ether oxygens (including phenoxy) is 1. The quantitative estimate of drug-likeness (QED) is 0.888. The Labute approximate surface area is 132 Å². The smallest absolute Gasteiger partial charge is 0.119 e. The van der Waals surface area contributed by atoms with Crippen LogP contribution in [-0.2, 0) is 0 Å². The summed E-state index contributed by atoms with van der Waals surface area (Å²) in [5, 5.41) is 10.4. The van der Waals surface area contributed by atoms with Gasteiger partial charge >= 0.3 is 0 Å². The van der Waals surface area contributed by atoms with E-state index in [-0.39, 0.29) is 0 Å². The molecule has 3 rings (SSSR count). The molecule has 0 radical (unpaired) electrons. The van der Waals surface area contributed by atoms with Crippen LogP contribution in [-0.4, -0.2) is 36.2 Å². The van der Waals surface area contributed by atoms with E-state index in [9.17, 15) is 5.11 Å². The first-order chi connectivity index (χ1) is 10.8. The van der Waals surface area contributed by atoms with Crippen LogP contribution in [0.2, 0.25) is 0 Å². The molecule has 0 bridgehead atoms. The molecule has 3 nitrogen and oxygen atoms in total. The molecular weight excluding hydrogens is 274 g/mol. The van der Waals surface area contributed by atoms with E-state index >= 15 is 0 Å². The van der Waals surface area contributed by atoms with Crippen molar-refractivity contribution in [3.05, 3.63) is 65.7 Å². The van der Waals surface area contributed by atoms with E-state index in [0.29, 0.717) is 0 Å². The van der Waals surface area contributed by atoms with Gasteiger partial charge in [0.05, 0.1) is 0 Å². The molecule has 1 aliphatic rings. The summed E-state index contributed by atoms with van der Waals surface area (Å²) < 4.78 is 5.79. The van der Waals surface area contributed by atoms with Gasteiger partial charge in [-0.15, -0.1) is 0 Å². The third kappa shape index (κ3) is 3.87. The predicted molar refractivity (Wildman–Crippen MR) is 88.1 cm³/mol. The van der Waals surface area contributed by atoms with Gasteiger partial charge in [-0.05, 0) is 49.2 Å². The molecule has 116 valence electrons. The van der Waals surface area contributed by atoms with E-state index in [1.54, 1.807) is 0 Å². The van der Waals surface area contributed by atoms with E-state index in [2.05, 4.69) is 4.90 Å². The summed E-state index contributed by atoms with van der Waals surface area (Å²) in [6, 6.07) is 17.4. The van der Waals surface area contributed by atoms with Gasteiger partial charge in [0.1, 0.15) is 18.5 Å². The van der Waals surface area contributed by atoms with Gasteiger partial charge in [0.2, 0.25) is 0 Å². The fourth-order valence-electron chi connectivity index (χ4n) is 2.87. The maximum atomic E-state index is 10.4. The number of aliphatic hydroxyl groups excluding tert-OH is 1. The highest BCUT2D eigenvalue weighted by Gasteiger charge is 2.11. The van der Waals surface area contributed by atoms with E-state index in [4.69, 9.17) is 4.74 Å². The van der Waals surface area contributed by atoms with Gasteiger partial charge in [-0.25, -0.2) is 0 Å². The Hall–Kier alpha value is -1.84. The molecule has 1 heterocycles. The van der Waals surface area contributed by atoms with Crippen molar-refractivity contribution < 1.29 is 9.84 Å². The zero-order valence-corrected chi connectivity index (χ0v) is 12.8. The average Bonchev–Trinajstić information content (AvgIpc) is 3.09. The summed E-state index contributed by atoms with van der Waals surface area (Å²) in [7, 11) is 0. The van der Waals surface area contributed by atoms with Gasteiger partial charge in [-0.2, -0.15) is 0 Å². The maximum absolute atomic E-state index is 10.4. The summed E-state index contributed by atoms with van der Waals surface area (Å²) in [5.41, 5.74) is 1.79. The molecular formula is C19H23NO2. The Balaban J connectivity index is 1.53. The summed E-state index contributed by atoms with van der Waals surface area (Å²) in [4.78, 5) is 2.44. The first-order valence-electron chi connectivity index (χ1n) is 8.01. The van der Waals surface area contributed by atoms with E-state index in [0.717, 1.165) is 30.0 Å². The van der Waals surface area contributed by atoms with Gasteiger partial charge in [0.25, 0.3) is 0 Å². The molecule has 2 aromatic rings. The van der Waals surface area contributed by atoms with Crippen molar-refractivity contribution in [1.29, 1.82) is 0 Å². The van der Waals surface area contributed by atoms with Crippen molar-refractivity contribution in [1.82, 2.24) is 4.90 Å². The van der Waals surface area contributed by atoms with Crippen molar-refractivity contribution in [3.63, 3.8) is 0 Å². The fraction of sp³-hybridized carbons (Fsp3) is 0.368. The Bertz CT molecular complexity index is 562. The van der Waals surface area contributed by atoms with Crippen LogP contribution in [0.1, 0.15) is 30.1 Å². The third-order valence-electron chi connectivity index (χ3n) is 4.19. The molecule has 1 unspecified atom stereocenters. The number of hydrogen-bond donors (Lipinski definition) is 1. The van der Waals surface area contributed by atoms with Crippen LogP contribution in [0.15, 0.2) is 54.6 Å². The van der Waals surface area contributed by atoms with Crippen molar-refractivity contribution >= 4 is 0 Å². The highest BCUT2D eigenvalue weighted by atomic mass is 16.5. The van der Waals surface area contributed by atoms with Crippen LogP contribution in [0, 0.1) is 0 Å². The molecule has 0 saturated carbocycles. The number of aliphatic hydroxyl groups is 1. The molecule has 3 heteroatoms. The molecule has 1 atom stereocenters. The first kappa shape index (κ1) is 15.1. The largest absolute Gasteiger partial charge is 0.492 e. The lowest BCUT2D eigenvalue weighted by Gasteiger charge is -2.15. The lowest BCUT2D eigenvalue weighted by Crippen LogP contribution is -2.25. The number of benzene rings is 2. The summed E-state index contributed by atoms with van der Waals surface area (Å²) in [5.74, 6) is 0.864. The Morgan fingerprint density at radius 1 is 0.909 bits per heavy atom. The predicted octanol–water partition coefficient (Wildman–Crippen LogP) is 3.24. The fourth-order valence-corrected chi connectivity index (χ4v) is 2.87. The van der Waals surface area contributed by atoms with E-state index in [1.807, 2.05) is 54.6 Å². The van der Waals surface area contributed by atoms with Crippen LogP contribution in [0.5, 0.6) is 5.75 Å². The SMILES string of the molecule is OC(c1ccccc1)c1ccc(OCCN2CCCC2)cc1. The molecule has 22 heavy (non-hydrogen) atoms. The monoisotopic (exact) mass is 297 g/mol. The second-order valence-electron chi connectivity index (χ2n) is 5.78. The first-order valence-corrected chi connectivity index (χ1v) is 8.01. The lowest BCUT2D eigenvalue weighted by molar-refractivity contribution is 0.219. The minimum atomic E-state index is -0.583. The Kier molecular flexibility index (Phi) is 5.09. The minimum Gasteiger partial charge on any atom is -0.492 e. The van der Waals surface area contributed by atoms with Crippen LogP contribution >= 0.6 is 0 Å². The normalized spacial score (nSPS) is 16.6. The van der Waals surface area contributed by atoms with Crippen LogP contribution in [0.3, 0.4) is 0 Å². The number of hydrogen-bond acceptors (Lipinski definition) is 3. The van der Waals surface area contributed by atoms with Gasteiger partial charge in [0.15, 0.2) is 0 Å². The number of likely N-dealkylation sites (tertiary alicyclic amines) is 1. The topological polar surface area (TPSA) is 32.7 Å². The van der Waals surface area contributed by atoms with E-state index < -0.39 is 6.10 Å². The summed E-state index contributed by atoms with van der Waals surface area (Å²) >= 11 is 0. The third-order valence-corrected chi connectivity index (χ3v) is 4.19. The second kappa shape index (κ2) is 7.43. The highest BCUT2D eigenvalue weighted by Crippen LogP contribution is 2.23. The molecule has 0 aromatic heterocycles. The standard InChI is InChI=1S/C19H23NO2/c21-19(16-6-2-1-3-7-16)17-8-10-18(11-9-17)22-15-14-20-12-4-5-13-20/h1-3,6-11,19,21H,4-5,12-15H2. The van der Waals surface area contributed by atoms with Crippen LogP contribution < -0.4 is 4.74 Å². The highest BCUT2D eigenvalue weighted by molar-refractivity contribution is 5.33. The molecule has 1 saturated heterocycles. The Morgan fingerprint density at radius 2 is 1.55 bits per heavy atom. The van der Waals surface area contributed by atoms with Gasteiger partial charge in [0, 0.05) is 6.54 Å². The number of nitrogens with zero attached hydrogens (tertiary/aromatic N) is 1. The molecule has 0 aliphatic carbocycles. The van der Waals surface area contributed by atoms with Crippen molar-refractivity contribution in [2.24, 2.45) is 0 Å². The van der Waals surface area contributed by atoms with Crippen LogP contribution in [0.25, 0.3) is 0 Å². The summed E-state index contributed by atoms with van der Waals surface area (Å²) in [6.45, 7) is 4.12. The van der Waals surface area contributed by atoms with Crippen molar-refractivity contribution in [3.8, 4) is 5.75 Å². The molecule has 1 aliphatic heterocycles. The van der Waals surface area contributed by atoms with Gasteiger partial charge in [-0.1, -0.05) is 42.5 Å². The average molecular weight is 297 g/mol. The zero-order chi connectivity index (χ0) is 15.2. The number of rotatable bonds is 6. The minimum absolute atomic E-state index is 0.583. The van der Waals surface area contributed by atoms with Crippen molar-refractivity contribution in [2.75, 3.05) is 26.2 Å². The lowest BCUT2D eigenvalue weighted by atomic mass is 10.0. The summed E-state index contributed by atoms with van der Waals surface area (Å²) in [6.07, 6.45) is 2.04.